The Morgan fingerprint density at radius 3 is 1.45 bits per heavy atom. The van der Waals surface area contributed by atoms with Crippen LogP contribution in [0.3, 0.4) is 0 Å². The van der Waals surface area contributed by atoms with Gasteiger partial charge in [-0.05, 0) is 92.1 Å². The Bertz CT molecular complexity index is 2760. The maximum Gasteiger partial charge on any atom is 0.252 e. The first-order chi connectivity index (χ1) is 27.3. The van der Waals surface area contributed by atoms with Crippen molar-refractivity contribution in [2.75, 3.05) is 9.80 Å². The number of para-hydroxylation sites is 2. The second-order valence-electron chi connectivity index (χ2n) is 15.9. The van der Waals surface area contributed by atoms with Gasteiger partial charge in [-0.2, -0.15) is 0 Å². The maximum absolute atomic E-state index is 7.00. The van der Waals surface area contributed by atoms with Crippen molar-refractivity contribution in [1.29, 1.82) is 0 Å². The van der Waals surface area contributed by atoms with Gasteiger partial charge in [-0.3, -0.25) is 0 Å². The Morgan fingerprint density at radius 1 is 0.393 bits per heavy atom. The maximum atomic E-state index is 7.00. The van der Waals surface area contributed by atoms with Crippen molar-refractivity contribution in [2.24, 2.45) is 0 Å². The van der Waals surface area contributed by atoms with Crippen molar-refractivity contribution in [2.45, 2.75) is 26.2 Å². The third-order valence-electron chi connectivity index (χ3n) is 11.5. The molecule has 56 heavy (non-hydrogen) atoms. The average molecular weight is 739 g/mol. The second kappa shape index (κ2) is 13.5. The number of rotatable bonds is 5. The van der Waals surface area contributed by atoms with Crippen molar-refractivity contribution < 1.29 is 0 Å². The molecule has 0 spiro atoms. The summed E-state index contributed by atoms with van der Waals surface area (Å²) in [5, 5.41) is 0.717. The predicted octanol–water partition coefficient (Wildman–Crippen LogP) is 12.7. The van der Waals surface area contributed by atoms with Gasteiger partial charge in [0.15, 0.2) is 0 Å². The molecule has 2 nitrogen and oxygen atoms in total. The van der Waals surface area contributed by atoms with Gasteiger partial charge < -0.3 is 9.80 Å². The zero-order valence-electron chi connectivity index (χ0n) is 31.7. The lowest BCUT2D eigenvalue weighted by molar-refractivity contribution is 0.590. The number of nitrogens with zero attached hydrogens (tertiary/aromatic N) is 2. The summed E-state index contributed by atoms with van der Waals surface area (Å²) in [6, 6.07) is 68.4. The molecule has 268 valence electrons. The van der Waals surface area contributed by atoms with Gasteiger partial charge in [-0.25, -0.2) is 0 Å². The average Bonchev–Trinajstić information content (AvgIpc) is 3.24. The molecule has 0 bridgehead atoms. The standard InChI is InChI=1S/C52H40BClN2/c1-52(2,3)39-32-49-51-50(33-39)56(46-26-16-14-24-42(46)37-21-11-6-12-22-37)48-34-40(54)28-29-43(48)53(51)44-31-38(35-17-7-4-8-18-35)27-30-47(44)55(49)45-25-15-13-23-41(45)36-19-9-5-10-20-36/h4-34H,1-3H3. The fraction of sp³-hybridized carbons (Fsp3) is 0.0769. The van der Waals surface area contributed by atoms with Crippen LogP contribution in [0.25, 0.3) is 33.4 Å². The van der Waals surface area contributed by atoms with Crippen LogP contribution in [0.1, 0.15) is 26.3 Å². The van der Waals surface area contributed by atoms with Crippen molar-refractivity contribution in [3.8, 4) is 33.4 Å². The molecule has 0 aromatic heterocycles. The van der Waals surface area contributed by atoms with E-state index in [0.29, 0.717) is 5.02 Å². The minimum Gasteiger partial charge on any atom is -0.311 e. The zero-order valence-corrected chi connectivity index (χ0v) is 32.5. The monoisotopic (exact) mass is 738 g/mol. The summed E-state index contributed by atoms with van der Waals surface area (Å²) >= 11 is 7.00. The molecule has 2 heterocycles. The highest BCUT2D eigenvalue weighted by Crippen LogP contribution is 2.49. The van der Waals surface area contributed by atoms with E-state index in [1.165, 1.54) is 72.4 Å². The molecular weight excluding hydrogens is 699 g/mol. The van der Waals surface area contributed by atoms with Gasteiger partial charge in [0.1, 0.15) is 0 Å². The minimum absolute atomic E-state index is 0.0415. The topological polar surface area (TPSA) is 6.48 Å². The molecule has 0 atom stereocenters. The van der Waals surface area contributed by atoms with E-state index in [0.717, 1.165) is 17.1 Å². The molecular formula is C52H40BClN2. The third kappa shape index (κ3) is 5.65. The molecule has 8 aromatic carbocycles. The summed E-state index contributed by atoms with van der Waals surface area (Å²) in [4.78, 5) is 5.03. The SMILES string of the molecule is CC(C)(C)c1cc2c3c(c1)N(c1ccccc1-c1ccccc1)c1cc(Cl)ccc1B3c1cc(-c3ccccc3)ccc1N2c1ccccc1-c1ccccc1. The number of fused-ring (bicyclic) bond motifs is 4. The first-order valence-electron chi connectivity index (χ1n) is 19.4. The summed E-state index contributed by atoms with van der Waals surface area (Å²) in [6.45, 7) is 6.92. The number of benzene rings is 8. The van der Waals surface area contributed by atoms with E-state index in [4.69, 9.17) is 11.6 Å². The molecule has 0 amide bonds. The van der Waals surface area contributed by atoms with Gasteiger partial charge in [0.2, 0.25) is 0 Å². The van der Waals surface area contributed by atoms with Crippen LogP contribution in [-0.4, -0.2) is 6.71 Å². The Balaban J connectivity index is 1.34. The van der Waals surface area contributed by atoms with E-state index in [2.05, 4.69) is 219 Å². The van der Waals surface area contributed by atoms with E-state index in [1.54, 1.807) is 0 Å². The molecule has 4 heteroatoms. The quantitative estimate of drug-likeness (QED) is 0.162. The number of hydrogen-bond acceptors (Lipinski definition) is 2. The largest absolute Gasteiger partial charge is 0.311 e. The van der Waals surface area contributed by atoms with Crippen LogP contribution in [0, 0.1) is 0 Å². The number of hydrogen-bond donors (Lipinski definition) is 0. The number of halogens is 1. The van der Waals surface area contributed by atoms with Gasteiger partial charge >= 0.3 is 0 Å². The summed E-state index contributed by atoms with van der Waals surface area (Å²) in [5.74, 6) is 0. The van der Waals surface area contributed by atoms with Crippen LogP contribution in [0.2, 0.25) is 5.02 Å². The molecule has 8 aromatic rings. The van der Waals surface area contributed by atoms with Crippen molar-refractivity contribution in [3.63, 3.8) is 0 Å². The van der Waals surface area contributed by atoms with Gasteiger partial charge in [-0.1, -0.05) is 178 Å². The Labute approximate surface area is 335 Å². The normalized spacial score (nSPS) is 12.9. The highest BCUT2D eigenvalue weighted by molar-refractivity contribution is 7.00. The highest BCUT2D eigenvalue weighted by atomic mass is 35.5. The molecule has 2 aliphatic heterocycles. The highest BCUT2D eigenvalue weighted by Gasteiger charge is 2.45. The molecule has 0 fully saturated rings. The second-order valence-corrected chi connectivity index (χ2v) is 16.3. The molecule has 0 aliphatic carbocycles. The van der Waals surface area contributed by atoms with E-state index in [-0.39, 0.29) is 12.1 Å². The smallest absolute Gasteiger partial charge is 0.252 e. The van der Waals surface area contributed by atoms with Gasteiger partial charge in [-0.15, -0.1) is 0 Å². The van der Waals surface area contributed by atoms with E-state index in [9.17, 15) is 0 Å². The molecule has 10 rings (SSSR count). The molecule has 2 aliphatic rings. The molecule has 0 saturated carbocycles. The Morgan fingerprint density at radius 2 is 0.893 bits per heavy atom. The molecule has 0 radical (unpaired) electrons. The lowest BCUT2D eigenvalue weighted by Crippen LogP contribution is -2.61. The first-order valence-corrected chi connectivity index (χ1v) is 19.8. The lowest BCUT2D eigenvalue weighted by atomic mass is 9.33. The van der Waals surface area contributed by atoms with Crippen LogP contribution in [0.5, 0.6) is 0 Å². The molecule has 0 saturated heterocycles. The minimum atomic E-state index is -0.137. The van der Waals surface area contributed by atoms with Crippen molar-refractivity contribution in [1.82, 2.24) is 0 Å². The van der Waals surface area contributed by atoms with Gasteiger partial charge in [0.25, 0.3) is 6.71 Å². The lowest BCUT2D eigenvalue weighted by Gasteiger charge is -2.45. The zero-order chi connectivity index (χ0) is 38.0. The third-order valence-corrected chi connectivity index (χ3v) is 11.7. The summed E-state index contributed by atoms with van der Waals surface area (Å²) in [6.07, 6.45) is 0. The van der Waals surface area contributed by atoms with Crippen LogP contribution in [0.15, 0.2) is 188 Å². The van der Waals surface area contributed by atoms with E-state index >= 15 is 0 Å². The summed E-state index contributed by atoms with van der Waals surface area (Å²) < 4.78 is 0. The van der Waals surface area contributed by atoms with Gasteiger partial charge in [0, 0.05) is 38.9 Å². The van der Waals surface area contributed by atoms with Crippen molar-refractivity contribution >= 4 is 68.8 Å². The van der Waals surface area contributed by atoms with Crippen LogP contribution < -0.4 is 26.2 Å². The number of anilines is 6. The predicted molar refractivity (Wildman–Crippen MR) is 240 cm³/mol. The summed E-state index contributed by atoms with van der Waals surface area (Å²) in [7, 11) is 0. The van der Waals surface area contributed by atoms with Crippen LogP contribution >= 0.6 is 11.6 Å². The van der Waals surface area contributed by atoms with E-state index < -0.39 is 0 Å². The Kier molecular flexibility index (Phi) is 8.24. The fourth-order valence-electron chi connectivity index (χ4n) is 8.79. The van der Waals surface area contributed by atoms with Crippen LogP contribution in [-0.2, 0) is 5.41 Å². The van der Waals surface area contributed by atoms with E-state index in [1.807, 2.05) is 0 Å². The first kappa shape index (κ1) is 34.2. The van der Waals surface area contributed by atoms with Crippen LogP contribution in [0.4, 0.5) is 34.1 Å². The molecule has 0 N–H and O–H groups in total. The molecule has 0 unspecified atom stereocenters. The fourth-order valence-corrected chi connectivity index (χ4v) is 8.96. The van der Waals surface area contributed by atoms with Gasteiger partial charge in [0.05, 0.1) is 11.4 Å². The Hall–Kier alpha value is -6.29. The summed E-state index contributed by atoms with van der Waals surface area (Å²) in [5.41, 5.74) is 19.0. The van der Waals surface area contributed by atoms with Crippen molar-refractivity contribution in [3.05, 3.63) is 199 Å².